The number of ether oxygens (including phenoxy) is 1. The zero-order valence-electron chi connectivity index (χ0n) is 13.0. The highest BCUT2D eigenvalue weighted by molar-refractivity contribution is 7.89. The summed E-state index contributed by atoms with van der Waals surface area (Å²) in [6.07, 6.45) is 1.60. The van der Waals surface area contributed by atoms with Crippen molar-refractivity contribution in [1.29, 1.82) is 0 Å². The lowest BCUT2D eigenvalue weighted by atomic mass is 10.1. The summed E-state index contributed by atoms with van der Waals surface area (Å²) in [5, 5.41) is 6.59. The summed E-state index contributed by atoms with van der Waals surface area (Å²) >= 11 is 6.00. The van der Waals surface area contributed by atoms with E-state index < -0.39 is 10.0 Å². The van der Waals surface area contributed by atoms with Gasteiger partial charge in [0.15, 0.2) is 0 Å². The van der Waals surface area contributed by atoms with E-state index in [1.165, 1.54) is 25.3 Å². The molecule has 0 amide bonds. The Morgan fingerprint density at radius 2 is 2.21 bits per heavy atom. The summed E-state index contributed by atoms with van der Waals surface area (Å²) in [4.78, 5) is 11.7. The molecule has 0 bridgehead atoms. The fraction of sp³-hybridized carbons (Fsp3) is 0.429. The van der Waals surface area contributed by atoms with Crippen molar-refractivity contribution in [1.82, 2.24) is 19.5 Å². The molecule has 0 fully saturated rings. The standard InChI is InChI=1S/C14H17ClN4O4S/c1-23-12-4-3-10(8-11(12)15)24(21,22)18-9-2-5-13-16-17-14(20)19(13)7-6-9/h3-4,8-9,18H,2,5-7H2,1H3,(H,17,20). The Morgan fingerprint density at radius 1 is 1.42 bits per heavy atom. The maximum absolute atomic E-state index is 12.5. The number of rotatable bonds is 4. The lowest BCUT2D eigenvalue weighted by Gasteiger charge is -2.16. The molecule has 1 aliphatic heterocycles. The SMILES string of the molecule is COc1ccc(S(=O)(=O)NC2CCc3n[nH]c(=O)n3CC2)cc1Cl. The van der Waals surface area contributed by atoms with Gasteiger partial charge in [0, 0.05) is 19.0 Å². The molecule has 24 heavy (non-hydrogen) atoms. The molecule has 0 aliphatic carbocycles. The van der Waals surface area contributed by atoms with Gasteiger partial charge >= 0.3 is 5.69 Å². The molecular formula is C14H17ClN4O4S. The zero-order valence-corrected chi connectivity index (χ0v) is 14.5. The van der Waals surface area contributed by atoms with E-state index in [-0.39, 0.29) is 21.6 Å². The largest absolute Gasteiger partial charge is 0.495 e. The number of nitrogens with one attached hydrogen (secondary N) is 2. The van der Waals surface area contributed by atoms with Crippen molar-refractivity contribution in [3.8, 4) is 5.75 Å². The van der Waals surface area contributed by atoms with Gasteiger partial charge < -0.3 is 4.74 Å². The molecule has 0 spiro atoms. The Bertz CT molecular complexity index is 906. The molecule has 8 nitrogen and oxygen atoms in total. The molecule has 1 aromatic carbocycles. The van der Waals surface area contributed by atoms with Crippen LogP contribution in [0, 0.1) is 0 Å². The number of benzene rings is 1. The van der Waals surface area contributed by atoms with Crippen LogP contribution in [0.25, 0.3) is 0 Å². The minimum Gasteiger partial charge on any atom is -0.495 e. The Labute approximate surface area is 143 Å². The fourth-order valence-electron chi connectivity index (χ4n) is 2.72. The second kappa shape index (κ2) is 6.58. The van der Waals surface area contributed by atoms with Gasteiger partial charge in [-0.25, -0.2) is 23.0 Å². The van der Waals surface area contributed by atoms with Crippen molar-refractivity contribution >= 4 is 21.6 Å². The van der Waals surface area contributed by atoms with Crippen LogP contribution in [0.4, 0.5) is 0 Å². The van der Waals surface area contributed by atoms with Gasteiger partial charge in [-0.05, 0) is 31.0 Å². The van der Waals surface area contributed by atoms with Gasteiger partial charge in [0.25, 0.3) is 0 Å². The Morgan fingerprint density at radius 3 is 2.92 bits per heavy atom. The second-order valence-electron chi connectivity index (χ2n) is 5.54. The highest BCUT2D eigenvalue weighted by atomic mass is 35.5. The van der Waals surface area contributed by atoms with Crippen molar-refractivity contribution in [2.45, 2.75) is 36.7 Å². The minimum absolute atomic E-state index is 0.0770. The normalized spacial score (nSPS) is 18.0. The van der Waals surface area contributed by atoms with Gasteiger partial charge in [-0.3, -0.25) is 4.57 Å². The summed E-state index contributed by atoms with van der Waals surface area (Å²) in [5.74, 6) is 1.06. The van der Waals surface area contributed by atoms with Crippen LogP contribution in [-0.4, -0.2) is 36.3 Å². The van der Waals surface area contributed by atoms with Crippen LogP contribution in [-0.2, 0) is 23.0 Å². The number of aryl methyl sites for hydroxylation is 1. The van der Waals surface area contributed by atoms with Gasteiger partial charge in [-0.2, -0.15) is 5.10 Å². The van der Waals surface area contributed by atoms with Crippen LogP contribution in [0.1, 0.15) is 18.7 Å². The number of halogens is 1. The van der Waals surface area contributed by atoms with E-state index in [2.05, 4.69) is 14.9 Å². The molecule has 2 N–H and O–H groups in total. The van der Waals surface area contributed by atoms with Crippen LogP contribution in [0.5, 0.6) is 5.75 Å². The predicted molar refractivity (Wildman–Crippen MR) is 87.9 cm³/mol. The van der Waals surface area contributed by atoms with Crippen LogP contribution in [0.3, 0.4) is 0 Å². The molecule has 1 unspecified atom stereocenters. The maximum atomic E-state index is 12.5. The number of aromatic amines is 1. The van der Waals surface area contributed by atoms with E-state index in [9.17, 15) is 13.2 Å². The summed E-state index contributed by atoms with van der Waals surface area (Å²) in [5.41, 5.74) is -0.268. The smallest absolute Gasteiger partial charge is 0.343 e. The molecule has 2 aromatic rings. The molecule has 10 heteroatoms. The van der Waals surface area contributed by atoms with Crippen molar-refractivity contribution in [3.05, 3.63) is 39.5 Å². The maximum Gasteiger partial charge on any atom is 0.343 e. The van der Waals surface area contributed by atoms with E-state index in [1.807, 2.05) is 0 Å². The average molecular weight is 373 g/mol. The lowest BCUT2D eigenvalue weighted by Crippen LogP contribution is -2.35. The lowest BCUT2D eigenvalue weighted by molar-refractivity contribution is 0.414. The first kappa shape index (κ1) is 17.0. The summed E-state index contributed by atoms with van der Waals surface area (Å²) in [6.45, 7) is 0.418. The molecule has 3 rings (SSSR count). The number of H-pyrrole nitrogens is 1. The molecule has 1 aromatic heterocycles. The number of methoxy groups -OCH3 is 1. The Hall–Kier alpha value is -1.84. The molecule has 2 heterocycles. The van der Waals surface area contributed by atoms with Crippen molar-refractivity contribution in [2.24, 2.45) is 0 Å². The number of nitrogens with zero attached hydrogens (tertiary/aromatic N) is 2. The first-order valence-corrected chi connectivity index (χ1v) is 9.27. The van der Waals surface area contributed by atoms with E-state index in [0.717, 1.165) is 0 Å². The molecular weight excluding hydrogens is 356 g/mol. The second-order valence-corrected chi connectivity index (χ2v) is 7.66. The van der Waals surface area contributed by atoms with Crippen LogP contribution in [0.15, 0.2) is 27.9 Å². The van der Waals surface area contributed by atoms with Gasteiger partial charge in [-0.1, -0.05) is 11.6 Å². The van der Waals surface area contributed by atoms with Crippen LogP contribution < -0.4 is 15.1 Å². The molecule has 0 radical (unpaired) electrons. The van der Waals surface area contributed by atoms with Crippen molar-refractivity contribution < 1.29 is 13.2 Å². The van der Waals surface area contributed by atoms with Gasteiger partial charge in [0.2, 0.25) is 10.0 Å². The number of sulfonamides is 1. The van der Waals surface area contributed by atoms with Crippen LogP contribution >= 0.6 is 11.6 Å². The molecule has 1 aliphatic rings. The zero-order chi connectivity index (χ0) is 17.3. The van der Waals surface area contributed by atoms with Gasteiger partial charge in [0.05, 0.1) is 17.0 Å². The number of hydrogen-bond acceptors (Lipinski definition) is 5. The summed E-state index contributed by atoms with van der Waals surface area (Å²) in [7, 11) is -2.25. The first-order chi connectivity index (χ1) is 11.4. The highest BCUT2D eigenvalue weighted by Crippen LogP contribution is 2.27. The Kier molecular flexibility index (Phi) is 4.66. The number of aromatic nitrogens is 3. The number of hydrogen-bond donors (Lipinski definition) is 2. The topological polar surface area (TPSA) is 106 Å². The van der Waals surface area contributed by atoms with Gasteiger partial charge in [0.1, 0.15) is 11.6 Å². The predicted octanol–water partition coefficient (Wildman–Crippen LogP) is 0.917. The monoisotopic (exact) mass is 372 g/mol. The van der Waals surface area contributed by atoms with E-state index in [0.29, 0.717) is 37.4 Å². The third kappa shape index (κ3) is 3.33. The fourth-order valence-corrected chi connectivity index (χ4v) is 4.38. The highest BCUT2D eigenvalue weighted by Gasteiger charge is 2.24. The van der Waals surface area contributed by atoms with E-state index >= 15 is 0 Å². The van der Waals surface area contributed by atoms with Crippen molar-refractivity contribution in [3.63, 3.8) is 0 Å². The molecule has 1 atom stereocenters. The average Bonchev–Trinajstić information content (AvgIpc) is 2.77. The van der Waals surface area contributed by atoms with Gasteiger partial charge in [-0.15, -0.1) is 0 Å². The molecule has 130 valence electrons. The third-order valence-electron chi connectivity index (χ3n) is 4.01. The first-order valence-electron chi connectivity index (χ1n) is 7.40. The van der Waals surface area contributed by atoms with Crippen molar-refractivity contribution in [2.75, 3.05) is 7.11 Å². The van der Waals surface area contributed by atoms with E-state index in [1.54, 1.807) is 4.57 Å². The van der Waals surface area contributed by atoms with E-state index in [4.69, 9.17) is 16.3 Å². The summed E-state index contributed by atoms with van der Waals surface area (Å²) < 4.78 is 34.3. The molecule has 0 saturated carbocycles. The third-order valence-corrected chi connectivity index (χ3v) is 5.82. The number of fused-ring (bicyclic) bond motifs is 1. The quantitative estimate of drug-likeness (QED) is 0.830. The minimum atomic E-state index is -3.71. The van der Waals surface area contributed by atoms with Crippen LogP contribution in [0.2, 0.25) is 5.02 Å². The summed E-state index contributed by atoms with van der Waals surface area (Å²) in [6, 6.07) is 4.03. The Balaban J connectivity index is 1.75. The molecule has 0 saturated heterocycles.